The van der Waals surface area contributed by atoms with Gasteiger partial charge in [0.15, 0.2) is 0 Å². The molecule has 0 unspecified atom stereocenters. The van der Waals surface area contributed by atoms with Crippen LogP contribution in [0.5, 0.6) is 0 Å². The summed E-state index contributed by atoms with van der Waals surface area (Å²) in [6, 6.07) is 8.60. The summed E-state index contributed by atoms with van der Waals surface area (Å²) in [6.07, 6.45) is 1.37. The number of hydrogen-bond donors (Lipinski definition) is 3. The van der Waals surface area contributed by atoms with Gasteiger partial charge in [-0.3, -0.25) is 0 Å². The van der Waals surface area contributed by atoms with Crippen LogP contribution in [0, 0.1) is 5.92 Å². The van der Waals surface area contributed by atoms with E-state index in [2.05, 4.69) is 15.6 Å². The van der Waals surface area contributed by atoms with Gasteiger partial charge in [0.25, 0.3) is 0 Å². The molecule has 8 heteroatoms. The Morgan fingerprint density at radius 1 is 1.35 bits per heavy atom. The molecule has 0 aliphatic carbocycles. The molecular weight excluding hydrogens is 377 g/mol. The third kappa shape index (κ3) is 4.45. The molecule has 0 spiro atoms. The molecule has 3 N–H and O–H groups in total. The van der Waals surface area contributed by atoms with Crippen molar-refractivity contribution >= 4 is 35.0 Å². The van der Waals surface area contributed by atoms with Crippen LogP contribution >= 0.6 is 23.2 Å². The molecule has 2 heterocycles. The van der Waals surface area contributed by atoms with E-state index in [1.54, 1.807) is 18.3 Å². The third-order valence-corrected chi connectivity index (χ3v) is 4.99. The smallest absolute Gasteiger partial charge is 0.339 e. The average Bonchev–Trinajstić information content (AvgIpc) is 2.88. The number of nitrogens with zero attached hydrogens (tertiary/aromatic N) is 1. The van der Waals surface area contributed by atoms with Crippen molar-refractivity contribution in [1.29, 1.82) is 0 Å². The van der Waals surface area contributed by atoms with E-state index in [1.165, 1.54) is 6.07 Å². The third-order valence-electron chi connectivity index (χ3n) is 4.25. The Labute approximate surface area is 161 Å². The quantitative estimate of drug-likeness (QED) is 0.718. The van der Waals surface area contributed by atoms with Crippen LogP contribution in [0.1, 0.15) is 22.0 Å². The molecule has 0 amide bonds. The first kappa shape index (κ1) is 18.9. The standard InChI is InChI=1S/C18H19Cl2N3O3/c19-14-4-3-11(8-15(14)20)16-12(9-21-6-7-26-16)10-23-17-13(18(24)25)2-1-5-22-17/h1-5,8,12,16,21H,6-7,9-10H2,(H,22,23)(H,24,25)/t12-,16-/m0/s1. The molecule has 1 fully saturated rings. The van der Waals surface area contributed by atoms with E-state index in [-0.39, 0.29) is 17.6 Å². The monoisotopic (exact) mass is 395 g/mol. The van der Waals surface area contributed by atoms with E-state index in [4.69, 9.17) is 27.9 Å². The maximum Gasteiger partial charge on any atom is 0.339 e. The number of hydrogen-bond acceptors (Lipinski definition) is 5. The van der Waals surface area contributed by atoms with Crippen molar-refractivity contribution in [2.75, 3.05) is 31.6 Å². The molecule has 0 saturated carbocycles. The van der Waals surface area contributed by atoms with Gasteiger partial charge in [-0.15, -0.1) is 0 Å². The maximum atomic E-state index is 11.3. The van der Waals surface area contributed by atoms with Gasteiger partial charge in [0, 0.05) is 31.7 Å². The summed E-state index contributed by atoms with van der Waals surface area (Å²) in [6.45, 7) is 2.53. The second-order valence-corrected chi connectivity index (χ2v) is 6.83. The number of halogens is 2. The minimum Gasteiger partial charge on any atom is -0.478 e. The first-order valence-corrected chi connectivity index (χ1v) is 9.01. The van der Waals surface area contributed by atoms with Crippen LogP contribution in [0.15, 0.2) is 36.5 Å². The van der Waals surface area contributed by atoms with Gasteiger partial charge in [0.2, 0.25) is 0 Å². The fourth-order valence-corrected chi connectivity index (χ4v) is 3.28. The molecule has 1 aliphatic heterocycles. The van der Waals surface area contributed by atoms with Gasteiger partial charge in [-0.05, 0) is 29.8 Å². The fraction of sp³-hybridized carbons (Fsp3) is 0.333. The maximum absolute atomic E-state index is 11.3. The predicted molar refractivity (Wildman–Crippen MR) is 101 cm³/mol. The molecular formula is C18H19Cl2N3O3. The molecule has 0 radical (unpaired) electrons. The summed E-state index contributed by atoms with van der Waals surface area (Å²) >= 11 is 12.2. The summed E-state index contributed by atoms with van der Waals surface area (Å²) in [5.41, 5.74) is 1.08. The van der Waals surface area contributed by atoms with E-state index in [9.17, 15) is 9.90 Å². The van der Waals surface area contributed by atoms with Gasteiger partial charge in [-0.2, -0.15) is 0 Å². The van der Waals surface area contributed by atoms with Crippen LogP contribution in [-0.4, -0.2) is 42.3 Å². The number of benzene rings is 1. The first-order valence-electron chi connectivity index (χ1n) is 8.25. The summed E-state index contributed by atoms with van der Waals surface area (Å²) in [4.78, 5) is 15.5. The topological polar surface area (TPSA) is 83.5 Å². The number of rotatable bonds is 5. The lowest BCUT2D eigenvalue weighted by Gasteiger charge is -2.26. The van der Waals surface area contributed by atoms with Crippen molar-refractivity contribution < 1.29 is 14.6 Å². The van der Waals surface area contributed by atoms with Crippen molar-refractivity contribution in [3.63, 3.8) is 0 Å². The molecule has 0 bridgehead atoms. The number of nitrogens with one attached hydrogen (secondary N) is 2. The van der Waals surface area contributed by atoms with Crippen molar-refractivity contribution in [3.8, 4) is 0 Å². The number of aromatic nitrogens is 1. The molecule has 1 aliphatic rings. The lowest BCUT2D eigenvalue weighted by atomic mass is 9.95. The number of ether oxygens (including phenoxy) is 1. The largest absolute Gasteiger partial charge is 0.478 e. The molecule has 1 saturated heterocycles. The summed E-state index contributed by atoms with van der Waals surface area (Å²) in [5, 5.41) is 16.8. The second kappa shape index (κ2) is 8.68. The molecule has 2 aromatic rings. The molecule has 1 aromatic carbocycles. The van der Waals surface area contributed by atoms with Gasteiger partial charge in [0.1, 0.15) is 11.4 Å². The Hall–Kier alpha value is -1.86. The highest BCUT2D eigenvalue weighted by Gasteiger charge is 2.27. The molecule has 2 atom stereocenters. The van der Waals surface area contributed by atoms with Gasteiger partial charge in [0.05, 0.1) is 22.8 Å². The summed E-state index contributed by atoms with van der Waals surface area (Å²) < 4.78 is 6.02. The van der Waals surface area contributed by atoms with E-state index < -0.39 is 5.97 Å². The van der Waals surface area contributed by atoms with E-state index in [1.807, 2.05) is 12.1 Å². The Balaban J connectivity index is 1.79. The number of carbonyl (C=O) groups is 1. The van der Waals surface area contributed by atoms with Crippen molar-refractivity contribution in [2.45, 2.75) is 6.10 Å². The Morgan fingerprint density at radius 3 is 2.96 bits per heavy atom. The number of aromatic carboxylic acids is 1. The van der Waals surface area contributed by atoms with Crippen molar-refractivity contribution in [1.82, 2.24) is 10.3 Å². The van der Waals surface area contributed by atoms with Crippen LogP contribution in [0.3, 0.4) is 0 Å². The zero-order chi connectivity index (χ0) is 18.5. The fourth-order valence-electron chi connectivity index (χ4n) is 2.97. The van der Waals surface area contributed by atoms with Crippen LogP contribution in [-0.2, 0) is 4.74 Å². The van der Waals surface area contributed by atoms with Gasteiger partial charge < -0.3 is 20.5 Å². The van der Waals surface area contributed by atoms with Crippen LogP contribution in [0.4, 0.5) is 5.82 Å². The highest BCUT2D eigenvalue weighted by atomic mass is 35.5. The Bertz CT molecular complexity index is 788. The Morgan fingerprint density at radius 2 is 2.19 bits per heavy atom. The Kier molecular flexibility index (Phi) is 6.32. The lowest BCUT2D eigenvalue weighted by Crippen LogP contribution is -2.30. The van der Waals surface area contributed by atoms with Crippen molar-refractivity contribution in [3.05, 3.63) is 57.7 Å². The van der Waals surface area contributed by atoms with Crippen LogP contribution < -0.4 is 10.6 Å². The predicted octanol–water partition coefficient (Wildman–Crippen LogP) is 3.48. The van der Waals surface area contributed by atoms with E-state index in [0.29, 0.717) is 35.6 Å². The number of anilines is 1. The minimum absolute atomic E-state index is 0.0541. The average molecular weight is 396 g/mol. The second-order valence-electron chi connectivity index (χ2n) is 6.01. The molecule has 6 nitrogen and oxygen atoms in total. The number of carboxylic acids is 1. The van der Waals surface area contributed by atoms with Gasteiger partial charge in [-0.25, -0.2) is 9.78 Å². The number of carboxylic acid groups (broad SMARTS) is 1. The molecule has 3 rings (SSSR count). The van der Waals surface area contributed by atoms with E-state index >= 15 is 0 Å². The number of pyridine rings is 1. The SMILES string of the molecule is O=C(O)c1cccnc1NC[C@@H]1CNCCO[C@H]1c1ccc(Cl)c(Cl)c1. The van der Waals surface area contributed by atoms with E-state index in [0.717, 1.165) is 12.1 Å². The summed E-state index contributed by atoms with van der Waals surface area (Å²) in [5.74, 6) is -0.618. The first-order chi connectivity index (χ1) is 12.6. The van der Waals surface area contributed by atoms with Crippen LogP contribution in [0.2, 0.25) is 10.0 Å². The minimum atomic E-state index is -1.02. The molecule has 26 heavy (non-hydrogen) atoms. The van der Waals surface area contributed by atoms with Gasteiger partial charge >= 0.3 is 5.97 Å². The zero-order valence-corrected chi connectivity index (χ0v) is 15.4. The normalized spacial score (nSPS) is 20.4. The van der Waals surface area contributed by atoms with Crippen molar-refractivity contribution in [2.24, 2.45) is 5.92 Å². The van der Waals surface area contributed by atoms with Gasteiger partial charge in [-0.1, -0.05) is 29.3 Å². The zero-order valence-electron chi connectivity index (χ0n) is 13.9. The lowest BCUT2D eigenvalue weighted by molar-refractivity contribution is 0.0344. The summed E-state index contributed by atoms with van der Waals surface area (Å²) in [7, 11) is 0. The molecule has 138 valence electrons. The van der Waals surface area contributed by atoms with Crippen LogP contribution in [0.25, 0.3) is 0 Å². The highest BCUT2D eigenvalue weighted by molar-refractivity contribution is 6.42. The molecule has 1 aromatic heterocycles. The highest BCUT2D eigenvalue weighted by Crippen LogP contribution is 2.32.